The predicted molar refractivity (Wildman–Crippen MR) is 82.7 cm³/mol. The van der Waals surface area contributed by atoms with Gasteiger partial charge in [-0.25, -0.2) is 0 Å². The van der Waals surface area contributed by atoms with Crippen LogP contribution in [0.15, 0.2) is 35.3 Å². The standard InChI is InChI=1S/C14H17N3OS/c1-17(2)12-6-3-11(4-7-12)5-8-13(18)16-14-15-9-10-19-14/h3-8H,9-10H2,1-2H3,(H,15,16,18)/b8-5+. The van der Waals surface area contributed by atoms with Crippen molar-refractivity contribution < 1.29 is 4.79 Å². The minimum absolute atomic E-state index is 0.134. The zero-order valence-electron chi connectivity index (χ0n) is 11.1. The topological polar surface area (TPSA) is 44.7 Å². The number of hydrogen-bond donors (Lipinski definition) is 1. The maximum Gasteiger partial charge on any atom is 0.249 e. The summed E-state index contributed by atoms with van der Waals surface area (Å²) in [5, 5.41) is 3.48. The average molecular weight is 275 g/mol. The molecule has 0 bridgehead atoms. The van der Waals surface area contributed by atoms with E-state index in [1.54, 1.807) is 17.8 Å². The third-order valence-electron chi connectivity index (χ3n) is 2.65. The second-order valence-electron chi connectivity index (χ2n) is 4.34. The Morgan fingerprint density at radius 3 is 2.68 bits per heavy atom. The summed E-state index contributed by atoms with van der Waals surface area (Å²) in [5.74, 6) is 0.815. The maximum absolute atomic E-state index is 11.6. The van der Waals surface area contributed by atoms with Crippen molar-refractivity contribution in [2.24, 2.45) is 4.99 Å². The Balaban J connectivity index is 1.92. The maximum atomic E-state index is 11.6. The van der Waals surface area contributed by atoms with E-state index in [2.05, 4.69) is 10.3 Å². The zero-order valence-corrected chi connectivity index (χ0v) is 11.9. The summed E-state index contributed by atoms with van der Waals surface area (Å²) < 4.78 is 0. The van der Waals surface area contributed by atoms with Crippen LogP contribution in [0.1, 0.15) is 5.56 Å². The van der Waals surface area contributed by atoms with Crippen LogP contribution < -0.4 is 10.2 Å². The number of nitrogens with zero attached hydrogens (tertiary/aromatic N) is 2. The number of aliphatic imine (C=N–C) groups is 1. The van der Waals surface area contributed by atoms with E-state index in [0.29, 0.717) is 0 Å². The van der Waals surface area contributed by atoms with Gasteiger partial charge in [-0.1, -0.05) is 23.9 Å². The lowest BCUT2D eigenvalue weighted by atomic mass is 10.2. The van der Waals surface area contributed by atoms with Gasteiger partial charge in [0.1, 0.15) is 0 Å². The van der Waals surface area contributed by atoms with Crippen molar-refractivity contribution >= 4 is 34.6 Å². The van der Waals surface area contributed by atoms with Crippen LogP contribution in [0, 0.1) is 0 Å². The van der Waals surface area contributed by atoms with E-state index >= 15 is 0 Å². The van der Waals surface area contributed by atoms with Gasteiger partial charge in [0.05, 0.1) is 6.54 Å². The van der Waals surface area contributed by atoms with Gasteiger partial charge in [0.15, 0.2) is 5.17 Å². The molecule has 0 saturated heterocycles. The molecule has 4 nitrogen and oxygen atoms in total. The average Bonchev–Trinajstić information content (AvgIpc) is 2.89. The van der Waals surface area contributed by atoms with Crippen LogP contribution in [0.2, 0.25) is 0 Å². The molecule has 1 amide bonds. The number of anilines is 1. The summed E-state index contributed by atoms with van der Waals surface area (Å²) in [5.41, 5.74) is 2.14. The molecule has 1 aliphatic rings. The largest absolute Gasteiger partial charge is 0.378 e. The molecule has 0 aliphatic carbocycles. The number of rotatable bonds is 3. The molecule has 0 aromatic heterocycles. The van der Waals surface area contributed by atoms with E-state index in [1.165, 1.54) is 6.08 Å². The van der Waals surface area contributed by atoms with Crippen LogP contribution in [0.5, 0.6) is 0 Å². The van der Waals surface area contributed by atoms with Gasteiger partial charge in [0.25, 0.3) is 0 Å². The molecule has 0 radical (unpaired) electrons. The van der Waals surface area contributed by atoms with Gasteiger partial charge in [-0.05, 0) is 23.8 Å². The number of benzene rings is 1. The van der Waals surface area contributed by atoms with E-state index in [4.69, 9.17) is 0 Å². The molecule has 0 spiro atoms. The summed E-state index contributed by atoms with van der Waals surface area (Å²) in [4.78, 5) is 17.9. The Hall–Kier alpha value is -1.75. The molecule has 0 fully saturated rings. The van der Waals surface area contributed by atoms with Crippen LogP contribution in [0.3, 0.4) is 0 Å². The first-order valence-corrected chi connectivity index (χ1v) is 7.07. The molecule has 0 saturated carbocycles. The van der Waals surface area contributed by atoms with Crippen LogP contribution in [0.4, 0.5) is 5.69 Å². The van der Waals surface area contributed by atoms with Gasteiger partial charge in [0.2, 0.25) is 5.91 Å². The number of amidine groups is 1. The first-order valence-electron chi connectivity index (χ1n) is 6.09. The van der Waals surface area contributed by atoms with Crippen molar-refractivity contribution in [2.75, 3.05) is 31.3 Å². The molecule has 0 unspecified atom stereocenters. The van der Waals surface area contributed by atoms with E-state index in [0.717, 1.165) is 28.7 Å². The highest BCUT2D eigenvalue weighted by Crippen LogP contribution is 2.13. The number of carbonyl (C=O) groups is 1. The smallest absolute Gasteiger partial charge is 0.249 e. The van der Waals surface area contributed by atoms with Gasteiger partial charge in [-0.3, -0.25) is 9.79 Å². The molecule has 1 N–H and O–H groups in total. The number of carbonyl (C=O) groups excluding carboxylic acids is 1. The van der Waals surface area contributed by atoms with Gasteiger partial charge >= 0.3 is 0 Å². The number of nitrogens with one attached hydrogen (secondary N) is 1. The first kappa shape index (κ1) is 13.7. The van der Waals surface area contributed by atoms with Crippen LogP contribution in [-0.4, -0.2) is 37.5 Å². The molecule has 1 aromatic rings. The first-order chi connectivity index (χ1) is 9.15. The van der Waals surface area contributed by atoms with Gasteiger partial charge in [-0.15, -0.1) is 0 Å². The van der Waals surface area contributed by atoms with Crippen molar-refractivity contribution in [1.82, 2.24) is 5.32 Å². The molecule has 2 rings (SSSR count). The molecular formula is C14H17N3OS. The SMILES string of the molecule is CN(C)c1ccc(/C=C/C(=O)NC2=NCCS2)cc1. The summed E-state index contributed by atoms with van der Waals surface area (Å²) in [6.07, 6.45) is 3.33. The lowest BCUT2D eigenvalue weighted by Crippen LogP contribution is -2.25. The fraction of sp³-hybridized carbons (Fsp3) is 0.286. The Kier molecular flexibility index (Phi) is 4.63. The molecule has 1 heterocycles. The summed E-state index contributed by atoms with van der Waals surface area (Å²) >= 11 is 1.58. The highest BCUT2D eigenvalue weighted by molar-refractivity contribution is 8.14. The summed E-state index contributed by atoms with van der Waals surface area (Å²) in [7, 11) is 4.00. The molecule has 0 atom stereocenters. The molecule has 19 heavy (non-hydrogen) atoms. The zero-order chi connectivity index (χ0) is 13.7. The van der Waals surface area contributed by atoms with E-state index < -0.39 is 0 Å². The minimum Gasteiger partial charge on any atom is -0.378 e. The fourth-order valence-electron chi connectivity index (χ4n) is 1.61. The molecule has 100 valence electrons. The number of thioether (sulfide) groups is 1. The lowest BCUT2D eigenvalue weighted by Gasteiger charge is -2.11. The van der Waals surface area contributed by atoms with Gasteiger partial charge in [0, 0.05) is 31.6 Å². The highest BCUT2D eigenvalue weighted by atomic mass is 32.2. The monoisotopic (exact) mass is 275 g/mol. The number of amides is 1. The van der Waals surface area contributed by atoms with Crippen LogP contribution in [0.25, 0.3) is 6.08 Å². The van der Waals surface area contributed by atoms with Crippen molar-refractivity contribution in [3.05, 3.63) is 35.9 Å². The van der Waals surface area contributed by atoms with Crippen molar-refractivity contribution in [3.63, 3.8) is 0 Å². The van der Waals surface area contributed by atoms with Gasteiger partial charge < -0.3 is 10.2 Å². The van der Waals surface area contributed by atoms with Crippen LogP contribution >= 0.6 is 11.8 Å². The molecule has 1 aromatic carbocycles. The van der Waals surface area contributed by atoms with E-state index in [1.807, 2.05) is 43.3 Å². The fourth-order valence-corrected chi connectivity index (χ4v) is 2.34. The quantitative estimate of drug-likeness (QED) is 0.858. The minimum atomic E-state index is -0.134. The van der Waals surface area contributed by atoms with Crippen LogP contribution in [-0.2, 0) is 4.79 Å². The highest BCUT2D eigenvalue weighted by Gasteiger charge is 2.08. The van der Waals surface area contributed by atoms with Gasteiger partial charge in [-0.2, -0.15) is 0 Å². The Morgan fingerprint density at radius 2 is 2.11 bits per heavy atom. The van der Waals surface area contributed by atoms with E-state index in [9.17, 15) is 4.79 Å². The van der Waals surface area contributed by atoms with Crippen molar-refractivity contribution in [3.8, 4) is 0 Å². The Bertz CT molecular complexity index is 506. The Labute approximate surface area is 117 Å². The predicted octanol–water partition coefficient (Wildman–Crippen LogP) is 1.98. The van der Waals surface area contributed by atoms with E-state index in [-0.39, 0.29) is 5.91 Å². The third-order valence-corrected chi connectivity index (χ3v) is 3.54. The Morgan fingerprint density at radius 1 is 1.37 bits per heavy atom. The third kappa shape index (κ3) is 4.13. The molecule has 5 heteroatoms. The van der Waals surface area contributed by atoms with Crippen molar-refractivity contribution in [2.45, 2.75) is 0 Å². The second-order valence-corrected chi connectivity index (χ2v) is 5.43. The molecule has 1 aliphatic heterocycles. The summed E-state index contributed by atoms with van der Waals surface area (Å²) in [6, 6.07) is 8.02. The molecular weight excluding hydrogens is 258 g/mol. The lowest BCUT2D eigenvalue weighted by molar-refractivity contribution is -0.115. The summed E-state index contributed by atoms with van der Waals surface area (Å²) in [6.45, 7) is 0.788. The second kappa shape index (κ2) is 6.43. The normalized spacial score (nSPS) is 14.5. The van der Waals surface area contributed by atoms with Crippen molar-refractivity contribution in [1.29, 1.82) is 0 Å². The number of hydrogen-bond acceptors (Lipinski definition) is 4.